The van der Waals surface area contributed by atoms with Crippen molar-refractivity contribution in [2.45, 2.75) is 137 Å². The smallest absolute Gasteiger partial charge is 0.119 e. The Morgan fingerprint density at radius 3 is 1.21 bits per heavy atom. The number of aliphatic hydroxyl groups is 8. The molecule has 0 bridgehead atoms. The largest absolute Gasteiger partial charge is 0.490 e. The van der Waals surface area contributed by atoms with Crippen LogP contribution >= 0.6 is 23.2 Å². The molecule has 0 radical (unpaired) electrons. The lowest BCUT2D eigenvalue weighted by molar-refractivity contribution is -0.0820. The predicted octanol–water partition coefficient (Wildman–Crippen LogP) is 5.53. The Balaban J connectivity index is 0.000000186. The van der Waals surface area contributed by atoms with Crippen molar-refractivity contribution in [1.29, 1.82) is 0 Å². The Hall–Kier alpha value is -3.34. The molecule has 2 saturated carbocycles. The molecule has 4 fully saturated rings. The van der Waals surface area contributed by atoms with Crippen LogP contribution < -0.4 is 9.47 Å². The van der Waals surface area contributed by atoms with E-state index in [2.05, 4.69) is 0 Å². The zero-order valence-electron chi connectivity index (χ0n) is 34.5. The zero-order chi connectivity index (χ0) is 43.9. The quantitative estimate of drug-likeness (QED) is 0.0789. The van der Waals surface area contributed by atoms with E-state index < -0.39 is 74.3 Å². The van der Waals surface area contributed by atoms with Gasteiger partial charge in [0.15, 0.2) is 0 Å². The standard InChI is InChI=1S/2C24H29ClO6/c2*25-19-10-7-15(23-21(28)22(29)24(31-23)20(27)13-26)12-16(19)11-14-5-8-18(9-6-14)30-17-3-1-2-4-17/h2*5-10,12,17,20-24,26-29H,1-4,11,13H2/t20-,21-,22-,23+,24-;20-,21-,22-,23-,24-/m11/s1. The van der Waals surface area contributed by atoms with E-state index in [9.17, 15) is 30.6 Å². The lowest BCUT2D eigenvalue weighted by Gasteiger charge is -2.19. The van der Waals surface area contributed by atoms with Gasteiger partial charge in [0.05, 0.1) is 25.4 Å². The van der Waals surface area contributed by atoms with Crippen molar-refractivity contribution < 1.29 is 59.8 Å². The lowest BCUT2D eigenvalue weighted by Crippen LogP contribution is -2.40. The molecule has 2 aliphatic carbocycles. The van der Waals surface area contributed by atoms with Gasteiger partial charge < -0.3 is 59.8 Å². The van der Waals surface area contributed by atoms with Crippen LogP contribution in [0.2, 0.25) is 10.0 Å². The minimum atomic E-state index is -1.29. The molecular formula is C48H58Cl2O12. The molecule has 0 unspecified atom stereocenters. The van der Waals surface area contributed by atoms with Gasteiger partial charge in [-0.05, 0) is 134 Å². The van der Waals surface area contributed by atoms with E-state index in [0.29, 0.717) is 46.2 Å². The molecule has 0 aromatic heterocycles. The number of rotatable bonds is 14. The summed E-state index contributed by atoms with van der Waals surface area (Å²) < 4.78 is 23.4. The molecular weight excluding hydrogens is 839 g/mol. The normalized spacial score (nSPS) is 27.5. The van der Waals surface area contributed by atoms with E-state index in [-0.39, 0.29) is 0 Å². The summed E-state index contributed by atoms with van der Waals surface area (Å²) in [6.45, 7) is -1.12. The summed E-state index contributed by atoms with van der Waals surface area (Å²) in [5, 5.41) is 80.4. The van der Waals surface area contributed by atoms with Crippen molar-refractivity contribution in [2.24, 2.45) is 0 Å². The molecule has 62 heavy (non-hydrogen) atoms. The van der Waals surface area contributed by atoms with Crippen molar-refractivity contribution >= 4 is 23.2 Å². The summed E-state index contributed by atoms with van der Waals surface area (Å²) >= 11 is 12.8. The van der Waals surface area contributed by atoms with E-state index in [4.69, 9.17) is 52.4 Å². The summed E-state index contributed by atoms with van der Waals surface area (Å²) in [7, 11) is 0. The summed E-state index contributed by atoms with van der Waals surface area (Å²) in [4.78, 5) is 0. The summed E-state index contributed by atoms with van der Waals surface area (Å²) in [5.74, 6) is 1.75. The highest BCUT2D eigenvalue weighted by Gasteiger charge is 2.47. The van der Waals surface area contributed by atoms with Crippen molar-refractivity contribution in [2.75, 3.05) is 13.2 Å². The predicted molar refractivity (Wildman–Crippen MR) is 233 cm³/mol. The van der Waals surface area contributed by atoms with Gasteiger partial charge in [0.2, 0.25) is 0 Å². The second kappa shape index (κ2) is 21.6. The van der Waals surface area contributed by atoms with Crippen molar-refractivity contribution in [3.63, 3.8) is 0 Å². The van der Waals surface area contributed by atoms with Crippen molar-refractivity contribution in [1.82, 2.24) is 0 Å². The number of ether oxygens (including phenoxy) is 4. The Labute approximate surface area is 372 Å². The van der Waals surface area contributed by atoms with Crippen LogP contribution in [-0.2, 0) is 22.3 Å². The van der Waals surface area contributed by atoms with Gasteiger partial charge in [0, 0.05) is 10.0 Å². The van der Waals surface area contributed by atoms with Crippen molar-refractivity contribution in [3.8, 4) is 11.5 Å². The molecule has 2 aliphatic heterocycles. The average molecular weight is 898 g/mol. The van der Waals surface area contributed by atoms with Crippen LogP contribution in [0, 0.1) is 0 Å². The fourth-order valence-electron chi connectivity index (χ4n) is 8.83. The van der Waals surface area contributed by atoms with E-state index in [1.807, 2.05) is 60.7 Å². The fraction of sp³-hybridized carbons (Fsp3) is 0.500. The number of halogens is 2. The third kappa shape index (κ3) is 11.3. The Bertz CT molecular complexity index is 1880. The maximum Gasteiger partial charge on any atom is 0.119 e. The van der Waals surface area contributed by atoms with E-state index in [1.54, 1.807) is 24.3 Å². The van der Waals surface area contributed by atoms with Crippen LogP contribution in [0.3, 0.4) is 0 Å². The third-order valence-electron chi connectivity index (χ3n) is 12.4. The van der Waals surface area contributed by atoms with Gasteiger partial charge in [-0.1, -0.05) is 71.7 Å². The van der Waals surface area contributed by atoms with Gasteiger partial charge in [0.25, 0.3) is 0 Å². The highest BCUT2D eigenvalue weighted by molar-refractivity contribution is 6.31. The fourth-order valence-corrected chi connectivity index (χ4v) is 9.20. The maximum atomic E-state index is 10.4. The van der Waals surface area contributed by atoms with Gasteiger partial charge in [-0.3, -0.25) is 0 Å². The van der Waals surface area contributed by atoms with Crippen LogP contribution in [0.25, 0.3) is 0 Å². The first kappa shape index (κ1) is 46.6. The third-order valence-corrected chi connectivity index (χ3v) is 13.1. The molecule has 4 aromatic rings. The van der Waals surface area contributed by atoms with E-state index in [0.717, 1.165) is 59.4 Å². The maximum absolute atomic E-state index is 10.4. The van der Waals surface area contributed by atoms with Gasteiger partial charge in [-0.2, -0.15) is 0 Å². The first-order valence-corrected chi connectivity index (χ1v) is 22.4. The molecule has 4 aromatic carbocycles. The van der Waals surface area contributed by atoms with Crippen LogP contribution in [0.5, 0.6) is 11.5 Å². The molecule has 8 rings (SSSR count). The summed E-state index contributed by atoms with van der Waals surface area (Å²) in [5.41, 5.74) is 5.17. The van der Waals surface area contributed by atoms with Gasteiger partial charge >= 0.3 is 0 Å². The van der Waals surface area contributed by atoms with Gasteiger partial charge in [0.1, 0.15) is 72.5 Å². The van der Waals surface area contributed by atoms with Crippen LogP contribution in [0.4, 0.5) is 0 Å². The topological polar surface area (TPSA) is 199 Å². The molecule has 8 N–H and O–H groups in total. The number of hydrogen-bond donors (Lipinski definition) is 8. The van der Waals surface area contributed by atoms with Crippen LogP contribution in [0.1, 0.15) is 97.0 Å². The summed E-state index contributed by atoms with van der Waals surface area (Å²) in [6, 6.07) is 26.6. The Morgan fingerprint density at radius 2 is 0.871 bits per heavy atom. The first-order valence-electron chi connectivity index (χ1n) is 21.6. The number of aliphatic hydroxyl groups excluding tert-OH is 8. The molecule has 12 nitrogen and oxygen atoms in total. The van der Waals surface area contributed by atoms with Crippen LogP contribution in [-0.4, -0.2) is 115 Å². The minimum absolute atomic E-state index is 0.318. The highest BCUT2D eigenvalue weighted by Crippen LogP contribution is 2.38. The average Bonchev–Trinajstić information content (AvgIpc) is 4.11. The molecule has 2 saturated heterocycles. The second-order valence-electron chi connectivity index (χ2n) is 16.9. The number of benzene rings is 4. The molecule has 14 heteroatoms. The molecule has 2 heterocycles. The monoisotopic (exact) mass is 896 g/mol. The molecule has 336 valence electrons. The SMILES string of the molecule is OC[C@@H](O)[C@H]1O[C@@H](c2ccc(Cl)c(Cc3ccc(OC4CCCC4)cc3)c2)[C@H](O)[C@H]1O.OC[C@@H](O)[C@H]1O[C@H](c2ccc(Cl)c(Cc3ccc(OC4CCCC4)cc3)c2)[C@H](O)[C@H]1O. The Morgan fingerprint density at radius 1 is 0.516 bits per heavy atom. The Kier molecular flexibility index (Phi) is 16.2. The minimum Gasteiger partial charge on any atom is -0.490 e. The van der Waals surface area contributed by atoms with Crippen LogP contribution in [0.15, 0.2) is 84.9 Å². The highest BCUT2D eigenvalue weighted by atomic mass is 35.5. The van der Waals surface area contributed by atoms with Crippen molar-refractivity contribution in [3.05, 3.63) is 128 Å². The molecule has 10 atom stereocenters. The molecule has 0 amide bonds. The number of hydrogen-bond acceptors (Lipinski definition) is 12. The summed E-state index contributed by atoms with van der Waals surface area (Å²) in [6.07, 6.45) is -0.126. The van der Waals surface area contributed by atoms with E-state index in [1.165, 1.54) is 25.7 Å². The molecule has 4 aliphatic rings. The lowest BCUT2D eigenvalue weighted by atomic mass is 9.96. The second-order valence-corrected chi connectivity index (χ2v) is 17.7. The molecule has 0 spiro atoms. The van der Waals surface area contributed by atoms with Gasteiger partial charge in [-0.15, -0.1) is 0 Å². The first-order chi connectivity index (χ1) is 29.9. The zero-order valence-corrected chi connectivity index (χ0v) is 36.0. The van der Waals surface area contributed by atoms with Gasteiger partial charge in [-0.25, -0.2) is 0 Å². The van der Waals surface area contributed by atoms with E-state index >= 15 is 0 Å².